The molecule has 3 heteroatoms. The first-order valence-electron chi connectivity index (χ1n) is 7.66. The van der Waals surface area contributed by atoms with Gasteiger partial charge in [0.1, 0.15) is 0 Å². The van der Waals surface area contributed by atoms with Gasteiger partial charge in [-0.05, 0) is 65.0 Å². The van der Waals surface area contributed by atoms with Gasteiger partial charge >= 0.3 is 0 Å². The molecule has 2 fully saturated rings. The maximum absolute atomic E-state index is 6.18. The predicted molar refractivity (Wildman–Crippen MR) is 75.6 cm³/mol. The Morgan fingerprint density at radius 3 is 2.39 bits per heavy atom. The van der Waals surface area contributed by atoms with Crippen LogP contribution < -0.4 is 5.73 Å². The van der Waals surface area contributed by atoms with Crippen LogP contribution in [0.3, 0.4) is 0 Å². The van der Waals surface area contributed by atoms with Gasteiger partial charge in [-0.1, -0.05) is 6.92 Å². The minimum atomic E-state index is 0.196. The van der Waals surface area contributed by atoms with E-state index in [0.29, 0.717) is 12.2 Å². The predicted octanol–water partition coefficient (Wildman–Crippen LogP) is 2.39. The maximum Gasteiger partial charge on any atom is 0.0568 e. The third-order valence-corrected chi connectivity index (χ3v) is 4.87. The van der Waals surface area contributed by atoms with Crippen molar-refractivity contribution in [1.82, 2.24) is 4.90 Å². The van der Waals surface area contributed by atoms with Crippen LogP contribution in [0.15, 0.2) is 0 Å². The highest BCUT2D eigenvalue weighted by Gasteiger charge is 2.42. The molecule has 3 unspecified atom stereocenters. The van der Waals surface area contributed by atoms with E-state index in [-0.39, 0.29) is 5.54 Å². The molecule has 3 nitrogen and oxygen atoms in total. The lowest BCUT2D eigenvalue weighted by Gasteiger charge is -2.49. The fraction of sp³-hybridized carbons (Fsp3) is 1.00. The van der Waals surface area contributed by atoms with Crippen LogP contribution in [0, 0.1) is 5.92 Å². The van der Waals surface area contributed by atoms with Crippen molar-refractivity contribution in [2.24, 2.45) is 11.7 Å². The van der Waals surface area contributed by atoms with Crippen molar-refractivity contribution in [2.75, 3.05) is 19.6 Å². The van der Waals surface area contributed by atoms with Crippen molar-refractivity contribution in [2.45, 2.75) is 70.6 Å². The van der Waals surface area contributed by atoms with Gasteiger partial charge in [0, 0.05) is 12.1 Å². The maximum atomic E-state index is 6.18. The first kappa shape index (κ1) is 14.3. The van der Waals surface area contributed by atoms with E-state index >= 15 is 0 Å². The highest BCUT2D eigenvalue weighted by Crippen LogP contribution is 2.35. The third-order valence-electron chi connectivity index (χ3n) is 4.87. The zero-order valence-corrected chi connectivity index (χ0v) is 12.3. The van der Waals surface area contributed by atoms with Gasteiger partial charge in [0.05, 0.1) is 12.2 Å². The molecule has 0 radical (unpaired) electrons. The second kappa shape index (κ2) is 5.89. The van der Waals surface area contributed by atoms with E-state index in [1.807, 2.05) is 0 Å². The van der Waals surface area contributed by atoms with E-state index in [4.69, 9.17) is 10.5 Å². The lowest BCUT2D eigenvalue weighted by atomic mass is 9.82. The number of hydrogen-bond donors (Lipinski definition) is 1. The molecule has 2 aliphatic rings. The van der Waals surface area contributed by atoms with Crippen molar-refractivity contribution in [1.29, 1.82) is 0 Å². The van der Waals surface area contributed by atoms with Gasteiger partial charge in [-0.3, -0.25) is 4.90 Å². The Morgan fingerprint density at radius 2 is 1.78 bits per heavy atom. The van der Waals surface area contributed by atoms with Crippen molar-refractivity contribution < 1.29 is 4.74 Å². The number of rotatable bonds is 2. The monoisotopic (exact) mass is 254 g/mol. The minimum Gasteiger partial charge on any atom is -0.375 e. The summed E-state index contributed by atoms with van der Waals surface area (Å²) in [5.41, 5.74) is 6.38. The molecule has 2 rings (SSSR count). The van der Waals surface area contributed by atoms with Gasteiger partial charge in [0.25, 0.3) is 0 Å². The second-order valence-electron chi connectivity index (χ2n) is 6.62. The first-order chi connectivity index (χ1) is 8.55. The van der Waals surface area contributed by atoms with E-state index in [9.17, 15) is 0 Å². The zero-order valence-electron chi connectivity index (χ0n) is 12.3. The fourth-order valence-corrected chi connectivity index (χ4v) is 3.94. The SMILES string of the molecule is CC1CCCN(C2(CN)CC(C)OC(C)C2)CC1. The van der Waals surface area contributed by atoms with E-state index in [1.165, 1.54) is 32.4 Å². The van der Waals surface area contributed by atoms with Gasteiger partial charge in [0.15, 0.2) is 0 Å². The molecule has 2 N–H and O–H groups in total. The molecule has 0 aromatic heterocycles. The Morgan fingerprint density at radius 1 is 1.11 bits per heavy atom. The summed E-state index contributed by atoms with van der Waals surface area (Å²) in [4.78, 5) is 2.69. The Bertz CT molecular complexity index is 259. The zero-order chi connectivity index (χ0) is 13.2. The first-order valence-corrected chi connectivity index (χ1v) is 7.66. The number of nitrogens with zero attached hydrogens (tertiary/aromatic N) is 1. The number of ether oxygens (including phenoxy) is 1. The van der Waals surface area contributed by atoms with E-state index in [1.54, 1.807) is 0 Å². The summed E-state index contributed by atoms with van der Waals surface area (Å²) in [6, 6.07) is 0. The van der Waals surface area contributed by atoms with Crippen LogP contribution in [-0.2, 0) is 4.74 Å². The van der Waals surface area contributed by atoms with E-state index in [0.717, 1.165) is 25.3 Å². The Balaban J connectivity index is 2.10. The molecule has 0 saturated carbocycles. The molecule has 0 aromatic rings. The summed E-state index contributed by atoms with van der Waals surface area (Å²) >= 11 is 0. The van der Waals surface area contributed by atoms with Crippen LogP contribution in [0.25, 0.3) is 0 Å². The summed E-state index contributed by atoms with van der Waals surface area (Å²) < 4.78 is 5.90. The largest absolute Gasteiger partial charge is 0.375 e. The molecule has 0 bridgehead atoms. The number of nitrogens with two attached hydrogens (primary N) is 1. The van der Waals surface area contributed by atoms with Crippen LogP contribution in [0.1, 0.15) is 52.9 Å². The van der Waals surface area contributed by atoms with Crippen LogP contribution in [0.5, 0.6) is 0 Å². The average molecular weight is 254 g/mol. The molecular weight excluding hydrogens is 224 g/mol. The van der Waals surface area contributed by atoms with Gasteiger partial charge in [-0.2, -0.15) is 0 Å². The Labute approximate surface area is 112 Å². The normalized spacial score (nSPS) is 43.7. The number of likely N-dealkylation sites (tertiary alicyclic amines) is 1. The highest BCUT2D eigenvalue weighted by molar-refractivity contribution is 4.98. The van der Waals surface area contributed by atoms with Gasteiger partial charge in [-0.15, -0.1) is 0 Å². The van der Waals surface area contributed by atoms with Crippen LogP contribution in [0.4, 0.5) is 0 Å². The summed E-state index contributed by atoms with van der Waals surface area (Å²) in [5, 5.41) is 0. The number of hydrogen-bond acceptors (Lipinski definition) is 3. The molecular formula is C15H30N2O. The lowest BCUT2D eigenvalue weighted by molar-refractivity contribution is -0.103. The molecule has 0 amide bonds. The highest BCUT2D eigenvalue weighted by atomic mass is 16.5. The van der Waals surface area contributed by atoms with Crippen LogP contribution in [0.2, 0.25) is 0 Å². The second-order valence-corrected chi connectivity index (χ2v) is 6.62. The summed E-state index contributed by atoms with van der Waals surface area (Å²) in [7, 11) is 0. The fourth-order valence-electron chi connectivity index (χ4n) is 3.94. The molecule has 0 aliphatic carbocycles. The van der Waals surface area contributed by atoms with E-state index < -0.39 is 0 Å². The molecule has 0 spiro atoms. The molecule has 18 heavy (non-hydrogen) atoms. The van der Waals surface area contributed by atoms with Crippen molar-refractivity contribution >= 4 is 0 Å². The minimum absolute atomic E-state index is 0.196. The molecule has 2 saturated heterocycles. The average Bonchev–Trinajstić information content (AvgIpc) is 2.53. The quantitative estimate of drug-likeness (QED) is 0.822. The van der Waals surface area contributed by atoms with Gasteiger partial charge < -0.3 is 10.5 Å². The molecule has 3 atom stereocenters. The summed E-state index contributed by atoms with van der Waals surface area (Å²) in [5.74, 6) is 0.875. The van der Waals surface area contributed by atoms with E-state index in [2.05, 4.69) is 25.7 Å². The topological polar surface area (TPSA) is 38.5 Å². The molecule has 106 valence electrons. The van der Waals surface area contributed by atoms with Crippen LogP contribution >= 0.6 is 0 Å². The Hall–Kier alpha value is -0.120. The third kappa shape index (κ3) is 3.06. The van der Waals surface area contributed by atoms with Gasteiger partial charge in [-0.25, -0.2) is 0 Å². The van der Waals surface area contributed by atoms with Crippen molar-refractivity contribution in [3.05, 3.63) is 0 Å². The van der Waals surface area contributed by atoms with Crippen LogP contribution in [-0.4, -0.2) is 42.3 Å². The molecule has 2 aliphatic heterocycles. The molecule has 2 heterocycles. The summed E-state index contributed by atoms with van der Waals surface area (Å²) in [6.07, 6.45) is 6.91. The van der Waals surface area contributed by atoms with Crippen molar-refractivity contribution in [3.63, 3.8) is 0 Å². The molecule has 0 aromatic carbocycles. The smallest absolute Gasteiger partial charge is 0.0568 e. The van der Waals surface area contributed by atoms with Crippen molar-refractivity contribution in [3.8, 4) is 0 Å². The van der Waals surface area contributed by atoms with Gasteiger partial charge in [0.2, 0.25) is 0 Å². The Kier molecular flexibility index (Phi) is 4.68. The summed E-state index contributed by atoms with van der Waals surface area (Å²) in [6.45, 7) is 9.99. The lowest BCUT2D eigenvalue weighted by Crippen LogP contribution is -2.60. The standard InChI is InChI=1S/C15H30N2O/c1-12-5-4-7-17(8-6-12)15(11-16)9-13(2)18-14(3)10-15/h12-14H,4-11,16H2,1-3H3.